The molecule has 1 rings (SSSR count). The molecule has 5 heteroatoms. The van der Waals surface area contributed by atoms with Crippen molar-refractivity contribution in [1.29, 1.82) is 0 Å². The fourth-order valence-electron chi connectivity index (χ4n) is 2.12. The first-order chi connectivity index (χ1) is 8.17. The molecule has 5 nitrogen and oxygen atoms in total. The molecule has 0 aromatic carbocycles. The molecule has 100 valence electrons. The maximum Gasteiger partial charge on any atom is 0.308 e. The van der Waals surface area contributed by atoms with Gasteiger partial charge in [-0.3, -0.25) is 4.79 Å². The number of aliphatic hydroxyl groups is 1. The van der Waals surface area contributed by atoms with Crippen molar-refractivity contribution >= 4 is 5.97 Å². The molecular weight excluding hydrogens is 224 g/mol. The molecule has 1 saturated carbocycles. The normalized spacial score (nSPS) is 26.5. The van der Waals surface area contributed by atoms with Crippen LogP contribution in [0.1, 0.15) is 25.7 Å². The molecule has 0 heterocycles. The summed E-state index contributed by atoms with van der Waals surface area (Å²) in [6.45, 7) is 0.582. The van der Waals surface area contributed by atoms with Gasteiger partial charge < -0.3 is 19.3 Å². The van der Waals surface area contributed by atoms with Gasteiger partial charge in [-0.15, -0.1) is 0 Å². The maximum absolute atomic E-state index is 11.3. The average molecular weight is 246 g/mol. The van der Waals surface area contributed by atoms with Gasteiger partial charge in [-0.05, 0) is 25.7 Å². The van der Waals surface area contributed by atoms with Crippen molar-refractivity contribution in [1.82, 2.24) is 0 Å². The van der Waals surface area contributed by atoms with Crippen LogP contribution in [-0.4, -0.2) is 50.7 Å². The molecule has 17 heavy (non-hydrogen) atoms. The third-order valence-corrected chi connectivity index (χ3v) is 3.09. The molecule has 0 spiro atoms. The van der Waals surface area contributed by atoms with Gasteiger partial charge in [0.05, 0.1) is 32.3 Å². The Kier molecular flexibility index (Phi) is 6.47. The molecule has 1 aliphatic carbocycles. The van der Waals surface area contributed by atoms with Gasteiger partial charge in [-0.25, -0.2) is 0 Å². The van der Waals surface area contributed by atoms with E-state index in [4.69, 9.17) is 14.2 Å². The minimum absolute atomic E-state index is 0.0174. The molecule has 0 amide bonds. The van der Waals surface area contributed by atoms with Crippen LogP contribution < -0.4 is 0 Å². The first-order valence-corrected chi connectivity index (χ1v) is 6.03. The fourth-order valence-corrected chi connectivity index (χ4v) is 2.12. The predicted octanol–water partition coefficient (Wildman–Crippen LogP) is 0.742. The van der Waals surface area contributed by atoms with E-state index in [1.54, 1.807) is 7.11 Å². The van der Waals surface area contributed by atoms with Gasteiger partial charge in [0.15, 0.2) is 0 Å². The van der Waals surface area contributed by atoms with Crippen LogP contribution in [0.5, 0.6) is 0 Å². The average Bonchev–Trinajstić information content (AvgIpc) is 2.36. The smallest absolute Gasteiger partial charge is 0.308 e. The maximum atomic E-state index is 11.3. The van der Waals surface area contributed by atoms with E-state index >= 15 is 0 Å². The lowest BCUT2D eigenvalue weighted by Gasteiger charge is -2.27. The lowest BCUT2D eigenvalue weighted by molar-refractivity contribution is -0.147. The summed E-state index contributed by atoms with van der Waals surface area (Å²) in [5.41, 5.74) is 0. The van der Waals surface area contributed by atoms with E-state index in [0.29, 0.717) is 6.61 Å². The molecule has 1 atom stereocenters. The molecule has 0 saturated heterocycles. The lowest BCUT2D eigenvalue weighted by Crippen LogP contribution is -2.30. The van der Waals surface area contributed by atoms with Crippen LogP contribution in [-0.2, 0) is 19.0 Å². The van der Waals surface area contributed by atoms with Crippen molar-refractivity contribution in [3.8, 4) is 0 Å². The minimum atomic E-state index is -0.571. The van der Waals surface area contributed by atoms with Crippen molar-refractivity contribution in [2.45, 2.75) is 37.9 Å². The summed E-state index contributed by atoms with van der Waals surface area (Å²) in [6.07, 6.45) is 2.87. The highest BCUT2D eigenvalue weighted by atomic mass is 16.5. The summed E-state index contributed by atoms with van der Waals surface area (Å²) in [4.78, 5) is 11.3. The number of rotatable bonds is 6. The van der Waals surface area contributed by atoms with Crippen molar-refractivity contribution in [3.05, 3.63) is 0 Å². The molecule has 0 aromatic rings. The van der Waals surface area contributed by atoms with Crippen LogP contribution in [0, 0.1) is 5.92 Å². The van der Waals surface area contributed by atoms with Gasteiger partial charge in [0.25, 0.3) is 0 Å². The predicted molar refractivity (Wildman–Crippen MR) is 61.6 cm³/mol. The Hall–Kier alpha value is -0.650. The molecule has 0 bridgehead atoms. The fraction of sp³-hybridized carbons (Fsp3) is 0.917. The highest BCUT2D eigenvalue weighted by Crippen LogP contribution is 2.27. The number of esters is 1. The van der Waals surface area contributed by atoms with Crippen LogP contribution >= 0.6 is 0 Å². The summed E-state index contributed by atoms with van der Waals surface area (Å²) >= 11 is 0. The summed E-state index contributed by atoms with van der Waals surface area (Å²) in [5, 5.41) is 9.43. The van der Waals surface area contributed by atoms with Crippen molar-refractivity contribution < 1.29 is 24.1 Å². The van der Waals surface area contributed by atoms with E-state index in [2.05, 4.69) is 0 Å². The first kappa shape index (κ1) is 14.4. The number of aliphatic hydroxyl groups excluding tert-OH is 1. The summed E-state index contributed by atoms with van der Waals surface area (Å²) in [5.74, 6) is -0.105. The Balaban J connectivity index is 2.17. The molecule has 1 fully saturated rings. The van der Waals surface area contributed by atoms with E-state index in [1.807, 2.05) is 0 Å². The Morgan fingerprint density at radius 3 is 2.41 bits per heavy atom. The summed E-state index contributed by atoms with van der Waals surface area (Å²) in [7, 11) is 2.97. The Morgan fingerprint density at radius 1 is 1.24 bits per heavy atom. The van der Waals surface area contributed by atoms with E-state index in [9.17, 15) is 9.90 Å². The standard InChI is InChI=1S/C12H22O5/c1-15-7-10(13)8-17-11-5-3-9(4-6-11)12(14)16-2/h9-11,13H,3-8H2,1-2H3. The number of hydrogen-bond acceptors (Lipinski definition) is 5. The van der Waals surface area contributed by atoms with Crippen molar-refractivity contribution in [3.63, 3.8) is 0 Å². The zero-order valence-electron chi connectivity index (χ0n) is 10.6. The van der Waals surface area contributed by atoms with Crippen molar-refractivity contribution in [2.24, 2.45) is 5.92 Å². The van der Waals surface area contributed by atoms with Crippen LogP contribution in [0.4, 0.5) is 0 Å². The zero-order chi connectivity index (χ0) is 12.7. The van der Waals surface area contributed by atoms with Crippen molar-refractivity contribution in [2.75, 3.05) is 27.4 Å². The molecule has 0 radical (unpaired) electrons. The minimum Gasteiger partial charge on any atom is -0.469 e. The van der Waals surface area contributed by atoms with Crippen LogP contribution in [0.3, 0.4) is 0 Å². The van der Waals surface area contributed by atoms with Gasteiger partial charge in [0.1, 0.15) is 6.10 Å². The highest BCUT2D eigenvalue weighted by molar-refractivity contribution is 5.72. The third kappa shape index (κ3) is 5.02. The molecule has 1 unspecified atom stereocenters. The second kappa shape index (κ2) is 7.63. The first-order valence-electron chi connectivity index (χ1n) is 6.03. The SMILES string of the molecule is COCC(O)COC1CCC(C(=O)OC)CC1. The van der Waals surface area contributed by atoms with Gasteiger partial charge in [0.2, 0.25) is 0 Å². The number of methoxy groups -OCH3 is 2. The Bertz CT molecular complexity index is 223. The monoisotopic (exact) mass is 246 g/mol. The van der Waals surface area contributed by atoms with Gasteiger partial charge >= 0.3 is 5.97 Å². The molecule has 0 aromatic heterocycles. The Labute approximate surface area is 102 Å². The zero-order valence-corrected chi connectivity index (χ0v) is 10.6. The third-order valence-electron chi connectivity index (χ3n) is 3.09. The van der Waals surface area contributed by atoms with E-state index in [0.717, 1.165) is 25.7 Å². The quantitative estimate of drug-likeness (QED) is 0.700. The topological polar surface area (TPSA) is 65.0 Å². The summed E-state index contributed by atoms with van der Waals surface area (Å²) < 4.78 is 15.1. The molecular formula is C12H22O5. The molecule has 0 aliphatic heterocycles. The van der Waals surface area contributed by atoms with Gasteiger partial charge in [-0.2, -0.15) is 0 Å². The van der Waals surface area contributed by atoms with Gasteiger partial charge in [0, 0.05) is 7.11 Å². The molecule has 1 aliphatic rings. The second-order valence-electron chi connectivity index (χ2n) is 4.44. The van der Waals surface area contributed by atoms with Gasteiger partial charge in [-0.1, -0.05) is 0 Å². The Morgan fingerprint density at radius 2 is 1.88 bits per heavy atom. The van der Waals surface area contributed by atoms with E-state index in [-0.39, 0.29) is 24.6 Å². The van der Waals surface area contributed by atoms with Crippen LogP contribution in [0.2, 0.25) is 0 Å². The van der Waals surface area contributed by atoms with E-state index < -0.39 is 6.10 Å². The second-order valence-corrected chi connectivity index (χ2v) is 4.44. The van der Waals surface area contributed by atoms with Crippen LogP contribution in [0.25, 0.3) is 0 Å². The lowest BCUT2D eigenvalue weighted by atomic mass is 9.87. The number of carbonyl (C=O) groups is 1. The molecule has 1 N–H and O–H groups in total. The summed E-state index contributed by atoms with van der Waals surface area (Å²) in [6, 6.07) is 0. The largest absolute Gasteiger partial charge is 0.469 e. The van der Waals surface area contributed by atoms with Crippen LogP contribution in [0.15, 0.2) is 0 Å². The number of hydrogen-bond donors (Lipinski definition) is 1. The number of ether oxygens (including phenoxy) is 3. The number of carbonyl (C=O) groups excluding carboxylic acids is 1. The highest BCUT2D eigenvalue weighted by Gasteiger charge is 2.27. The van der Waals surface area contributed by atoms with E-state index in [1.165, 1.54) is 7.11 Å².